The van der Waals surface area contributed by atoms with Gasteiger partial charge in [0.25, 0.3) is 0 Å². The molecule has 0 aromatic heterocycles. The van der Waals surface area contributed by atoms with Gasteiger partial charge >= 0.3 is 0 Å². The zero-order valence-corrected chi connectivity index (χ0v) is 9.99. The molecular formula is C12H19NO3. The SMILES string of the molecule is COc1ccc(NCCC(C)O)cc1OC. The predicted octanol–water partition coefficient (Wildman–Crippen LogP) is 1.89. The molecule has 4 heteroatoms. The smallest absolute Gasteiger partial charge is 0.162 e. The number of hydrogen-bond donors (Lipinski definition) is 2. The van der Waals surface area contributed by atoms with Crippen LogP contribution in [0.15, 0.2) is 18.2 Å². The Balaban J connectivity index is 2.60. The quantitative estimate of drug-likeness (QED) is 0.776. The molecule has 0 radical (unpaired) electrons. The minimum absolute atomic E-state index is 0.285. The third kappa shape index (κ3) is 3.62. The molecule has 0 aliphatic rings. The fourth-order valence-corrected chi connectivity index (χ4v) is 1.37. The molecule has 0 saturated carbocycles. The summed E-state index contributed by atoms with van der Waals surface area (Å²) in [5.41, 5.74) is 0.957. The topological polar surface area (TPSA) is 50.7 Å². The van der Waals surface area contributed by atoms with Crippen LogP contribution in [0.1, 0.15) is 13.3 Å². The third-order valence-corrected chi connectivity index (χ3v) is 2.27. The Morgan fingerprint density at radius 3 is 2.50 bits per heavy atom. The summed E-state index contributed by atoms with van der Waals surface area (Å²) in [6, 6.07) is 5.65. The molecule has 0 spiro atoms. The second-order valence-corrected chi connectivity index (χ2v) is 3.63. The number of aliphatic hydroxyl groups excluding tert-OH is 1. The van der Waals surface area contributed by atoms with Crippen molar-refractivity contribution < 1.29 is 14.6 Å². The zero-order valence-electron chi connectivity index (χ0n) is 9.99. The number of nitrogens with one attached hydrogen (secondary N) is 1. The van der Waals surface area contributed by atoms with E-state index in [1.807, 2.05) is 18.2 Å². The highest BCUT2D eigenvalue weighted by Gasteiger charge is 2.04. The standard InChI is InChI=1S/C12H19NO3/c1-9(14)6-7-13-10-4-5-11(15-2)12(8-10)16-3/h4-5,8-9,13-14H,6-7H2,1-3H3. The van der Waals surface area contributed by atoms with Crippen LogP contribution in [-0.2, 0) is 0 Å². The molecule has 16 heavy (non-hydrogen) atoms. The monoisotopic (exact) mass is 225 g/mol. The van der Waals surface area contributed by atoms with Crippen LogP contribution in [-0.4, -0.2) is 32.0 Å². The normalized spacial score (nSPS) is 12.0. The molecule has 1 atom stereocenters. The van der Waals surface area contributed by atoms with E-state index in [0.717, 1.165) is 12.2 Å². The summed E-state index contributed by atoms with van der Waals surface area (Å²) in [5, 5.41) is 12.3. The fourth-order valence-electron chi connectivity index (χ4n) is 1.37. The largest absolute Gasteiger partial charge is 0.493 e. The molecule has 1 rings (SSSR count). The van der Waals surface area contributed by atoms with Crippen LogP contribution in [0, 0.1) is 0 Å². The van der Waals surface area contributed by atoms with Crippen molar-refractivity contribution in [2.24, 2.45) is 0 Å². The van der Waals surface area contributed by atoms with Gasteiger partial charge < -0.3 is 19.9 Å². The van der Waals surface area contributed by atoms with Gasteiger partial charge in [0.05, 0.1) is 20.3 Å². The van der Waals surface area contributed by atoms with E-state index in [9.17, 15) is 0 Å². The molecule has 0 saturated heterocycles. The van der Waals surface area contributed by atoms with Crippen molar-refractivity contribution in [2.45, 2.75) is 19.4 Å². The molecule has 1 aromatic rings. The van der Waals surface area contributed by atoms with E-state index in [-0.39, 0.29) is 6.10 Å². The molecule has 2 N–H and O–H groups in total. The average Bonchev–Trinajstić information content (AvgIpc) is 2.28. The zero-order chi connectivity index (χ0) is 12.0. The van der Waals surface area contributed by atoms with Crippen molar-refractivity contribution in [3.8, 4) is 11.5 Å². The second-order valence-electron chi connectivity index (χ2n) is 3.63. The van der Waals surface area contributed by atoms with Gasteiger partial charge in [0.2, 0.25) is 0 Å². The Kier molecular flexibility index (Phi) is 4.92. The van der Waals surface area contributed by atoms with Gasteiger partial charge in [-0.15, -0.1) is 0 Å². The number of ether oxygens (including phenoxy) is 2. The van der Waals surface area contributed by atoms with E-state index in [1.165, 1.54) is 0 Å². The average molecular weight is 225 g/mol. The summed E-state index contributed by atoms with van der Waals surface area (Å²) in [6.07, 6.45) is 0.432. The lowest BCUT2D eigenvalue weighted by Gasteiger charge is -2.11. The van der Waals surface area contributed by atoms with E-state index in [2.05, 4.69) is 5.32 Å². The molecule has 1 aromatic carbocycles. The minimum Gasteiger partial charge on any atom is -0.493 e. The van der Waals surface area contributed by atoms with E-state index < -0.39 is 0 Å². The molecule has 0 bridgehead atoms. The van der Waals surface area contributed by atoms with Crippen molar-refractivity contribution in [1.29, 1.82) is 0 Å². The number of rotatable bonds is 6. The Labute approximate surface area is 96.2 Å². The Bertz CT molecular complexity index is 326. The summed E-state index contributed by atoms with van der Waals surface area (Å²) in [4.78, 5) is 0. The van der Waals surface area contributed by atoms with Crippen LogP contribution < -0.4 is 14.8 Å². The van der Waals surface area contributed by atoms with Crippen molar-refractivity contribution in [1.82, 2.24) is 0 Å². The Morgan fingerprint density at radius 2 is 1.94 bits per heavy atom. The number of methoxy groups -OCH3 is 2. The van der Waals surface area contributed by atoms with Crippen LogP contribution in [0.2, 0.25) is 0 Å². The number of benzene rings is 1. The first-order valence-corrected chi connectivity index (χ1v) is 5.31. The van der Waals surface area contributed by atoms with Crippen molar-refractivity contribution in [2.75, 3.05) is 26.1 Å². The van der Waals surface area contributed by atoms with Gasteiger partial charge in [-0.3, -0.25) is 0 Å². The summed E-state index contributed by atoms with van der Waals surface area (Å²) in [5.74, 6) is 1.41. The fraction of sp³-hybridized carbons (Fsp3) is 0.500. The molecular weight excluding hydrogens is 206 g/mol. The minimum atomic E-state index is -0.285. The highest BCUT2D eigenvalue weighted by Crippen LogP contribution is 2.29. The molecule has 0 fully saturated rings. The van der Waals surface area contributed by atoms with Gasteiger partial charge in [-0.1, -0.05) is 0 Å². The van der Waals surface area contributed by atoms with Gasteiger partial charge in [0.15, 0.2) is 11.5 Å². The third-order valence-electron chi connectivity index (χ3n) is 2.27. The van der Waals surface area contributed by atoms with Crippen LogP contribution in [0.25, 0.3) is 0 Å². The van der Waals surface area contributed by atoms with E-state index in [0.29, 0.717) is 17.9 Å². The van der Waals surface area contributed by atoms with Gasteiger partial charge in [-0.25, -0.2) is 0 Å². The number of hydrogen-bond acceptors (Lipinski definition) is 4. The molecule has 0 aliphatic carbocycles. The first-order chi connectivity index (χ1) is 7.67. The summed E-state index contributed by atoms with van der Waals surface area (Å²) >= 11 is 0. The highest BCUT2D eigenvalue weighted by molar-refractivity contribution is 5.54. The van der Waals surface area contributed by atoms with Crippen LogP contribution in [0.4, 0.5) is 5.69 Å². The van der Waals surface area contributed by atoms with Crippen molar-refractivity contribution >= 4 is 5.69 Å². The second kappa shape index (κ2) is 6.23. The number of aliphatic hydroxyl groups is 1. The van der Waals surface area contributed by atoms with Crippen LogP contribution >= 0.6 is 0 Å². The lowest BCUT2D eigenvalue weighted by Crippen LogP contribution is -2.09. The van der Waals surface area contributed by atoms with Crippen molar-refractivity contribution in [3.05, 3.63) is 18.2 Å². The van der Waals surface area contributed by atoms with E-state index in [4.69, 9.17) is 14.6 Å². The van der Waals surface area contributed by atoms with Gasteiger partial charge in [0.1, 0.15) is 0 Å². The van der Waals surface area contributed by atoms with Gasteiger partial charge in [-0.2, -0.15) is 0 Å². The number of anilines is 1. The Hall–Kier alpha value is -1.42. The molecule has 0 amide bonds. The van der Waals surface area contributed by atoms with Crippen LogP contribution in [0.3, 0.4) is 0 Å². The summed E-state index contributed by atoms with van der Waals surface area (Å²) in [7, 11) is 3.22. The Morgan fingerprint density at radius 1 is 1.25 bits per heavy atom. The molecule has 0 aliphatic heterocycles. The van der Waals surface area contributed by atoms with E-state index >= 15 is 0 Å². The molecule has 4 nitrogen and oxygen atoms in total. The van der Waals surface area contributed by atoms with Gasteiger partial charge in [-0.05, 0) is 25.5 Å². The lowest BCUT2D eigenvalue weighted by atomic mass is 10.2. The molecule has 0 heterocycles. The summed E-state index contributed by atoms with van der Waals surface area (Å²) < 4.78 is 10.3. The van der Waals surface area contributed by atoms with E-state index in [1.54, 1.807) is 21.1 Å². The summed E-state index contributed by atoms with van der Waals surface area (Å²) in [6.45, 7) is 2.50. The maximum absolute atomic E-state index is 9.13. The molecule has 1 unspecified atom stereocenters. The van der Waals surface area contributed by atoms with Crippen LogP contribution in [0.5, 0.6) is 11.5 Å². The first kappa shape index (κ1) is 12.6. The first-order valence-electron chi connectivity index (χ1n) is 5.31. The van der Waals surface area contributed by atoms with Gasteiger partial charge in [0, 0.05) is 18.3 Å². The van der Waals surface area contributed by atoms with Crippen molar-refractivity contribution in [3.63, 3.8) is 0 Å². The maximum Gasteiger partial charge on any atom is 0.162 e. The predicted molar refractivity (Wildman–Crippen MR) is 64.3 cm³/mol. The maximum atomic E-state index is 9.13. The molecule has 90 valence electrons. The lowest BCUT2D eigenvalue weighted by molar-refractivity contribution is 0.189. The highest BCUT2D eigenvalue weighted by atomic mass is 16.5.